The lowest BCUT2D eigenvalue weighted by atomic mass is 9.98. The number of ether oxygens (including phenoxy) is 3. The van der Waals surface area contributed by atoms with Crippen LogP contribution in [0, 0.1) is 23.3 Å². The Morgan fingerprint density at radius 1 is 0.622 bits per heavy atom. The van der Waals surface area contributed by atoms with Gasteiger partial charge in [-0.2, -0.15) is 8.78 Å². The van der Waals surface area contributed by atoms with Gasteiger partial charge in [-0.15, -0.1) is 0 Å². The minimum absolute atomic E-state index is 0.0394. The Balaban J connectivity index is 1.47. The van der Waals surface area contributed by atoms with E-state index in [4.69, 9.17) is 14.2 Å². The van der Waals surface area contributed by atoms with Crippen LogP contribution in [0.25, 0.3) is 22.3 Å². The molecule has 0 saturated carbocycles. The standard InChI is InChI=1S/C30H24F4O3/c1-3-17-36-25-15-16-26(30(34)29(25)33)37-18-19-5-7-20(8-6-19)23-13-14-24(28(32)27(23)31)21-9-11-22(12-10-21)35-4-2/h3,5-16H,1,4,17-18H2,2H3. The third-order valence-electron chi connectivity index (χ3n) is 5.59. The van der Waals surface area contributed by atoms with Gasteiger partial charge in [-0.3, -0.25) is 0 Å². The minimum atomic E-state index is -1.16. The molecular formula is C30H24F4O3. The van der Waals surface area contributed by atoms with E-state index >= 15 is 0 Å². The maximum atomic E-state index is 15.0. The average Bonchev–Trinajstić information content (AvgIpc) is 2.92. The molecule has 0 fully saturated rings. The summed E-state index contributed by atoms with van der Waals surface area (Å²) in [6.45, 7) is 5.81. The highest BCUT2D eigenvalue weighted by Crippen LogP contribution is 2.33. The topological polar surface area (TPSA) is 27.7 Å². The van der Waals surface area contributed by atoms with Crippen molar-refractivity contribution in [2.75, 3.05) is 13.2 Å². The molecule has 0 atom stereocenters. The highest BCUT2D eigenvalue weighted by atomic mass is 19.2. The van der Waals surface area contributed by atoms with Gasteiger partial charge >= 0.3 is 0 Å². The Bertz CT molecular complexity index is 1380. The zero-order valence-corrected chi connectivity index (χ0v) is 20.1. The Morgan fingerprint density at radius 3 is 1.65 bits per heavy atom. The lowest BCUT2D eigenvalue weighted by molar-refractivity contribution is 0.277. The van der Waals surface area contributed by atoms with Crippen LogP contribution in [0.4, 0.5) is 17.6 Å². The maximum Gasteiger partial charge on any atom is 0.204 e. The first-order valence-electron chi connectivity index (χ1n) is 11.6. The quantitative estimate of drug-likeness (QED) is 0.160. The van der Waals surface area contributed by atoms with Crippen molar-refractivity contribution in [1.82, 2.24) is 0 Å². The van der Waals surface area contributed by atoms with Crippen LogP contribution in [-0.2, 0) is 6.61 Å². The molecule has 4 rings (SSSR count). The van der Waals surface area contributed by atoms with Crippen LogP contribution in [0.3, 0.4) is 0 Å². The van der Waals surface area contributed by atoms with Crippen molar-refractivity contribution >= 4 is 0 Å². The van der Waals surface area contributed by atoms with Crippen LogP contribution in [0.15, 0.2) is 85.5 Å². The van der Waals surface area contributed by atoms with Crippen molar-refractivity contribution in [1.29, 1.82) is 0 Å². The number of halogens is 4. The normalized spacial score (nSPS) is 10.7. The molecule has 7 heteroatoms. The van der Waals surface area contributed by atoms with Gasteiger partial charge in [-0.05, 0) is 47.9 Å². The van der Waals surface area contributed by atoms with Gasteiger partial charge in [0.15, 0.2) is 23.1 Å². The van der Waals surface area contributed by atoms with Gasteiger partial charge in [0.05, 0.1) is 6.61 Å². The van der Waals surface area contributed by atoms with E-state index in [1.807, 2.05) is 6.92 Å². The third kappa shape index (κ3) is 5.77. The van der Waals surface area contributed by atoms with Gasteiger partial charge in [-0.1, -0.05) is 61.2 Å². The summed E-state index contributed by atoms with van der Waals surface area (Å²) >= 11 is 0. The van der Waals surface area contributed by atoms with Crippen molar-refractivity contribution in [2.45, 2.75) is 13.5 Å². The molecular weight excluding hydrogens is 484 g/mol. The summed E-state index contributed by atoms with van der Waals surface area (Å²) in [5.74, 6) is -4.10. The Morgan fingerprint density at radius 2 is 1.14 bits per heavy atom. The SMILES string of the molecule is C=CCOc1ccc(OCc2ccc(-c3ccc(-c4ccc(OCC)cc4)c(F)c3F)cc2)c(F)c1F. The van der Waals surface area contributed by atoms with Gasteiger partial charge in [0.1, 0.15) is 19.0 Å². The van der Waals surface area contributed by atoms with E-state index in [2.05, 4.69) is 6.58 Å². The maximum absolute atomic E-state index is 15.0. The number of hydrogen-bond donors (Lipinski definition) is 0. The summed E-state index contributed by atoms with van der Waals surface area (Å²) in [6.07, 6.45) is 1.42. The zero-order valence-electron chi connectivity index (χ0n) is 20.1. The summed E-state index contributed by atoms with van der Waals surface area (Å²) in [4.78, 5) is 0. The summed E-state index contributed by atoms with van der Waals surface area (Å²) in [5.41, 5.74) is 1.86. The molecule has 0 aliphatic rings. The van der Waals surface area contributed by atoms with Crippen molar-refractivity contribution in [3.8, 4) is 39.5 Å². The Labute approximate surface area is 212 Å². The molecule has 0 aromatic heterocycles. The molecule has 0 bridgehead atoms. The minimum Gasteiger partial charge on any atom is -0.494 e. The van der Waals surface area contributed by atoms with Gasteiger partial charge < -0.3 is 14.2 Å². The third-order valence-corrected chi connectivity index (χ3v) is 5.59. The molecule has 37 heavy (non-hydrogen) atoms. The lowest BCUT2D eigenvalue weighted by Gasteiger charge is -2.12. The molecule has 4 aromatic carbocycles. The molecule has 3 nitrogen and oxygen atoms in total. The highest BCUT2D eigenvalue weighted by Gasteiger charge is 2.17. The number of benzene rings is 4. The van der Waals surface area contributed by atoms with Gasteiger partial charge in [-0.25, -0.2) is 8.78 Å². The molecule has 0 spiro atoms. The van der Waals surface area contributed by atoms with Gasteiger partial charge in [0, 0.05) is 11.1 Å². The molecule has 0 unspecified atom stereocenters. The molecule has 0 heterocycles. The van der Waals surface area contributed by atoms with Crippen LogP contribution in [0.1, 0.15) is 12.5 Å². The summed E-state index contributed by atoms with van der Waals surface area (Å²) in [6, 6.07) is 18.8. The van der Waals surface area contributed by atoms with Crippen LogP contribution in [-0.4, -0.2) is 13.2 Å². The smallest absolute Gasteiger partial charge is 0.204 e. The van der Waals surface area contributed by atoms with E-state index in [1.165, 1.54) is 30.3 Å². The fraction of sp³-hybridized carbons (Fsp3) is 0.133. The van der Waals surface area contributed by atoms with E-state index in [-0.39, 0.29) is 35.8 Å². The van der Waals surface area contributed by atoms with Crippen LogP contribution >= 0.6 is 0 Å². The lowest BCUT2D eigenvalue weighted by Crippen LogP contribution is -2.02. The van der Waals surface area contributed by atoms with Gasteiger partial charge in [0.2, 0.25) is 11.6 Å². The molecule has 0 radical (unpaired) electrons. The van der Waals surface area contributed by atoms with Crippen LogP contribution < -0.4 is 14.2 Å². The van der Waals surface area contributed by atoms with Gasteiger partial charge in [0.25, 0.3) is 0 Å². The first-order valence-corrected chi connectivity index (χ1v) is 11.6. The van der Waals surface area contributed by atoms with E-state index in [1.54, 1.807) is 48.5 Å². The van der Waals surface area contributed by atoms with Crippen molar-refractivity contribution in [2.24, 2.45) is 0 Å². The molecule has 0 N–H and O–H groups in total. The first-order chi connectivity index (χ1) is 17.9. The Kier molecular flexibility index (Phi) is 8.13. The number of hydrogen-bond acceptors (Lipinski definition) is 3. The van der Waals surface area contributed by atoms with Crippen molar-refractivity contribution < 1.29 is 31.8 Å². The largest absolute Gasteiger partial charge is 0.494 e. The fourth-order valence-corrected chi connectivity index (χ4v) is 3.72. The molecule has 0 aliphatic carbocycles. The predicted molar refractivity (Wildman–Crippen MR) is 135 cm³/mol. The summed E-state index contributed by atoms with van der Waals surface area (Å²) < 4.78 is 74.2. The van der Waals surface area contributed by atoms with E-state index < -0.39 is 23.3 Å². The highest BCUT2D eigenvalue weighted by molar-refractivity contribution is 5.72. The monoisotopic (exact) mass is 508 g/mol. The molecule has 0 aliphatic heterocycles. The fourth-order valence-electron chi connectivity index (χ4n) is 3.72. The van der Waals surface area contributed by atoms with E-state index in [0.29, 0.717) is 29.0 Å². The summed E-state index contributed by atoms with van der Waals surface area (Å²) in [7, 11) is 0. The van der Waals surface area contributed by atoms with E-state index in [0.717, 1.165) is 0 Å². The number of rotatable bonds is 10. The average molecular weight is 509 g/mol. The second-order valence-corrected chi connectivity index (χ2v) is 8.02. The second-order valence-electron chi connectivity index (χ2n) is 8.02. The molecule has 0 saturated heterocycles. The Hall–Kier alpha value is -4.26. The summed E-state index contributed by atoms with van der Waals surface area (Å²) in [5, 5.41) is 0. The second kappa shape index (κ2) is 11.6. The molecule has 190 valence electrons. The zero-order chi connectivity index (χ0) is 26.4. The van der Waals surface area contributed by atoms with Crippen molar-refractivity contribution in [3.63, 3.8) is 0 Å². The van der Waals surface area contributed by atoms with E-state index in [9.17, 15) is 17.6 Å². The first kappa shape index (κ1) is 25.8. The predicted octanol–water partition coefficient (Wildman–Crippen LogP) is 8.12. The molecule has 4 aromatic rings. The van der Waals surface area contributed by atoms with Crippen LogP contribution in [0.5, 0.6) is 17.2 Å². The molecule has 0 amide bonds. The van der Waals surface area contributed by atoms with Crippen LogP contribution in [0.2, 0.25) is 0 Å². The van der Waals surface area contributed by atoms with Crippen molar-refractivity contribution in [3.05, 3.63) is 114 Å².